The predicted octanol–water partition coefficient (Wildman–Crippen LogP) is 4.55. The van der Waals surface area contributed by atoms with Gasteiger partial charge in [0.25, 0.3) is 5.91 Å². The molecule has 8 heteroatoms. The van der Waals surface area contributed by atoms with Crippen LogP contribution < -0.4 is 0 Å². The van der Waals surface area contributed by atoms with Crippen LogP contribution in [0.5, 0.6) is 0 Å². The van der Waals surface area contributed by atoms with Crippen LogP contribution in [-0.4, -0.2) is 46.9 Å². The summed E-state index contributed by atoms with van der Waals surface area (Å²) in [6.07, 6.45) is 0. The Hall–Kier alpha value is -1.67. The number of hydrogen-bond donors (Lipinski definition) is 0. The number of benzene rings is 1. The first-order valence-corrected chi connectivity index (χ1v) is 10.1. The summed E-state index contributed by atoms with van der Waals surface area (Å²) in [5.74, 6) is 0.341. The summed E-state index contributed by atoms with van der Waals surface area (Å²) in [5, 5.41) is 3.22. The van der Waals surface area contributed by atoms with Crippen molar-refractivity contribution in [1.29, 1.82) is 0 Å². The Bertz CT molecular complexity index is 891. The Morgan fingerprint density at radius 2 is 1.85 bits per heavy atom. The van der Waals surface area contributed by atoms with Crippen LogP contribution in [-0.2, 0) is 6.54 Å². The minimum atomic E-state index is -0.0454. The second-order valence-corrected chi connectivity index (χ2v) is 7.89. The molecule has 1 aliphatic rings. The van der Waals surface area contributed by atoms with E-state index in [0.29, 0.717) is 23.5 Å². The highest BCUT2D eigenvalue weighted by molar-refractivity contribution is 9.10. The largest absolute Gasteiger partial charge is 0.444 e. The molecule has 0 aliphatic carbocycles. The highest BCUT2D eigenvalue weighted by atomic mass is 79.9. The van der Waals surface area contributed by atoms with Gasteiger partial charge in [-0.15, -0.1) is 23.7 Å². The van der Waals surface area contributed by atoms with E-state index in [4.69, 9.17) is 9.40 Å². The second-order valence-electron chi connectivity index (χ2n) is 6.16. The molecule has 0 N–H and O–H groups in total. The molecule has 3 aromatic rings. The van der Waals surface area contributed by atoms with E-state index < -0.39 is 0 Å². The molecule has 4 rings (SSSR count). The van der Waals surface area contributed by atoms with Crippen LogP contribution >= 0.6 is 39.7 Å². The number of halogens is 2. The van der Waals surface area contributed by atoms with E-state index >= 15 is 0 Å². The van der Waals surface area contributed by atoms with Gasteiger partial charge in [-0.2, -0.15) is 0 Å². The fourth-order valence-electron chi connectivity index (χ4n) is 3.01. The van der Waals surface area contributed by atoms with E-state index in [9.17, 15) is 4.79 Å². The van der Waals surface area contributed by atoms with Crippen LogP contribution in [0.1, 0.15) is 15.6 Å². The van der Waals surface area contributed by atoms with E-state index in [1.807, 2.05) is 23.1 Å². The van der Waals surface area contributed by atoms with Gasteiger partial charge in [0.05, 0.1) is 12.2 Å². The molecule has 1 saturated heterocycles. The third-order valence-corrected chi connectivity index (χ3v) is 5.68. The fraction of sp³-hybridized carbons (Fsp3) is 0.263. The summed E-state index contributed by atoms with van der Waals surface area (Å²) >= 11 is 4.93. The fourth-order valence-corrected chi connectivity index (χ4v) is 4.16. The summed E-state index contributed by atoms with van der Waals surface area (Å²) in [7, 11) is 0. The molecule has 0 unspecified atom stereocenters. The van der Waals surface area contributed by atoms with E-state index in [1.54, 1.807) is 23.5 Å². The van der Waals surface area contributed by atoms with Gasteiger partial charge in [-0.05, 0) is 28.1 Å². The van der Waals surface area contributed by atoms with Crippen LogP contribution in [0.4, 0.5) is 0 Å². The lowest BCUT2D eigenvalue weighted by Crippen LogP contribution is -2.48. The van der Waals surface area contributed by atoms with Gasteiger partial charge in [0, 0.05) is 37.1 Å². The number of piperazine rings is 1. The maximum atomic E-state index is 12.4. The number of aromatic nitrogens is 1. The van der Waals surface area contributed by atoms with Gasteiger partial charge < -0.3 is 9.32 Å². The van der Waals surface area contributed by atoms with E-state index in [1.165, 1.54) is 0 Å². The van der Waals surface area contributed by atoms with E-state index in [2.05, 4.69) is 38.3 Å². The Morgan fingerprint density at radius 1 is 1.11 bits per heavy atom. The lowest BCUT2D eigenvalue weighted by atomic mass is 10.2. The number of carbonyl (C=O) groups excluding carboxylic acids is 1. The maximum absolute atomic E-state index is 12.4. The highest BCUT2D eigenvalue weighted by Gasteiger charge is 2.24. The van der Waals surface area contributed by atoms with Crippen LogP contribution in [0.15, 0.2) is 56.9 Å². The van der Waals surface area contributed by atoms with E-state index in [-0.39, 0.29) is 18.3 Å². The van der Waals surface area contributed by atoms with Gasteiger partial charge in [0.2, 0.25) is 0 Å². The molecular weight excluding hydrogens is 450 g/mol. The molecule has 142 valence electrons. The summed E-state index contributed by atoms with van der Waals surface area (Å²) in [6.45, 7) is 3.91. The zero-order valence-corrected chi connectivity index (χ0v) is 17.7. The summed E-state index contributed by atoms with van der Waals surface area (Å²) in [4.78, 5) is 21.4. The molecular formula is C19H19BrClN3O2S. The molecule has 2 aromatic heterocycles. The number of hydrogen-bond acceptors (Lipinski definition) is 5. The van der Waals surface area contributed by atoms with Gasteiger partial charge >= 0.3 is 0 Å². The molecule has 1 aliphatic heterocycles. The average Bonchev–Trinajstić information content (AvgIpc) is 3.32. The monoisotopic (exact) mass is 467 g/mol. The van der Waals surface area contributed by atoms with Gasteiger partial charge in [-0.3, -0.25) is 9.69 Å². The van der Waals surface area contributed by atoms with Gasteiger partial charge in [0.1, 0.15) is 5.01 Å². The van der Waals surface area contributed by atoms with Crippen molar-refractivity contribution in [3.05, 3.63) is 63.3 Å². The molecule has 0 spiro atoms. The van der Waals surface area contributed by atoms with Gasteiger partial charge in [-0.25, -0.2) is 4.98 Å². The average molecular weight is 469 g/mol. The predicted molar refractivity (Wildman–Crippen MR) is 112 cm³/mol. The Balaban J connectivity index is 0.00000210. The number of thiazole rings is 1. The van der Waals surface area contributed by atoms with Crippen molar-refractivity contribution >= 4 is 45.6 Å². The second kappa shape index (κ2) is 9.01. The van der Waals surface area contributed by atoms with Crippen LogP contribution in [0.2, 0.25) is 0 Å². The first kappa shape index (κ1) is 20.1. The Labute approximate surface area is 176 Å². The van der Waals surface area contributed by atoms with Crippen LogP contribution in [0.25, 0.3) is 11.3 Å². The SMILES string of the molecule is Cl.O=C(c1ccc(Br)o1)N1CCN(Cc2nc(-c3ccccc3)cs2)CC1. The molecule has 0 atom stereocenters. The molecule has 1 amide bonds. The number of nitrogens with zero attached hydrogens (tertiary/aromatic N) is 3. The summed E-state index contributed by atoms with van der Waals surface area (Å²) < 4.78 is 5.95. The third kappa shape index (κ3) is 4.79. The first-order chi connectivity index (χ1) is 12.7. The number of rotatable bonds is 4. The highest BCUT2D eigenvalue weighted by Crippen LogP contribution is 2.23. The topological polar surface area (TPSA) is 49.6 Å². The van der Waals surface area contributed by atoms with Crippen molar-refractivity contribution in [2.24, 2.45) is 0 Å². The zero-order valence-electron chi connectivity index (χ0n) is 14.5. The van der Waals surface area contributed by atoms with Crippen molar-refractivity contribution in [3.63, 3.8) is 0 Å². The first-order valence-electron chi connectivity index (χ1n) is 8.46. The van der Waals surface area contributed by atoms with Crippen molar-refractivity contribution in [1.82, 2.24) is 14.8 Å². The summed E-state index contributed by atoms with van der Waals surface area (Å²) in [6, 6.07) is 13.7. The van der Waals surface area contributed by atoms with Gasteiger partial charge in [0.15, 0.2) is 10.4 Å². The third-order valence-electron chi connectivity index (χ3n) is 4.42. The smallest absolute Gasteiger partial charge is 0.289 e. The molecule has 1 aromatic carbocycles. The minimum absolute atomic E-state index is 0. The number of amides is 1. The normalized spacial score (nSPS) is 14.8. The molecule has 5 nitrogen and oxygen atoms in total. The summed E-state index contributed by atoms with van der Waals surface area (Å²) in [5.41, 5.74) is 2.18. The molecule has 3 heterocycles. The molecule has 1 fully saturated rings. The van der Waals surface area contributed by atoms with Gasteiger partial charge in [-0.1, -0.05) is 30.3 Å². The van der Waals surface area contributed by atoms with Crippen LogP contribution in [0.3, 0.4) is 0 Å². The quantitative estimate of drug-likeness (QED) is 0.564. The number of furan rings is 1. The Morgan fingerprint density at radius 3 is 2.52 bits per heavy atom. The zero-order chi connectivity index (χ0) is 17.9. The van der Waals surface area contributed by atoms with Crippen molar-refractivity contribution in [2.75, 3.05) is 26.2 Å². The van der Waals surface area contributed by atoms with Crippen molar-refractivity contribution in [2.45, 2.75) is 6.54 Å². The maximum Gasteiger partial charge on any atom is 0.289 e. The number of carbonyl (C=O) groups is 1. The minimum Gasteiger partial charge on any atom is -0.444 e. The van der Waals surface area contributed by atoms with Crippen molar-refractivity contribution in [3.8, 4) is 11.3 Å². The molecule has 0 saturated carbocycles. The standard InChI is InChI=1S/C19H18BrN3O2S.ClH/c20-17-7-6-16(25-17)19(24)23-10-8-22(9-11-23)12-18-21-15(13-26-18)14-4-2-1-3-5-14;/h1-7,13H,8-12H2;1H. The molecule has 0 bridgehead atoms. The molecule has 27 heavy (non-hydrogen) atoms. The van der Waals surface area contributed by atoms with Crippen LogP contribution in [0, 0.1) is 0 Å². The lowest BCUT2D eigenvalue weighted by molar-refractivity contribution is 0.0596. The lowest BCUT2D eigenvalue weighted by Gasteiger charge is -2.33. The Kier molecular flexibility index (Phi) is 6.70. The molecule has 0 radical (unpaired) electrons. The van der Waals surface area contributed by atoms with E-state index in [0.717, 1.165) is 35.9 Å². The van der Waals surface area contributed by atoms with Crippen molar-refractivity contribution < 1.29 is 9.21 Å².